The topological polar surface area (TPSA) is 47.0 Å². The molecule has 1 aromatic heterocycles. The van der Waals surface area contributed by atoms with Gasteiger partial charge in [-0.25, -0.2) is 9.97 Å². The summed E-state index contributed by atoms with van der Waals surface area (Å²) in [4.78, 5) is 7.48. The number of hydrogen-bond donors (Lipinski definition) is 1. The largest absolute Gasteiger partial charge is 0.494 e. The molecule has 16 heavy (non-hydrogen) atoms. The fourth-order valence-electron chi connectivity index (χ4n) is 1.30. The van der Waals surface area contributed by atoms with Gasteiger partial charge in [-0.05, 0) is 12.8 Å². The Bertz CT molecular complexity index is 373. The minimum atomic E-state index is -4.27. The Hall–Kier alpha value is -1.53. The van der Waals surface area contributed by atoms with Gasteiger partial charge in [-0.2, -0.15) is 13.2 Å². The molecule has 0 atom stereocenters. The fourth-order valence-corrected chi connectivity index (χ4v) is 1.30. The maximum absolute atomic E-state index is 12.6. The number of aromatic nitrogens is 2. The van der Waals surface area contributed by atoms with Crippen molar-refractivity contribution in [3.8, 4) is 5.75 Å². The molecule has 1 saturated carbocycles. The van der Waals surface area contributed by atoms with Crippen molar-refractivity contribution in [2.24, 2.45) is 0 Å². The van der Waals surface area contributed by atoms with Gasteiger partial charge in [0.2, 0.25) is 5.95 Å². The van der Waals surface area contributed by atoms with Crippen LogP contribution < -0.4 is 10.1 Å². The average Bonchev–Trinajstić information content (AvgIpc) is 2.99. The highest BCUT2D eigenvalue weighted by Gasteiger charge is 2.64. The van der Waals surface area contributed by atoms with Crippen molar-refractivity contribution in [3.63, 3.8) is 0 Å². The predicted octanol–water partition coefficient (Wildman–Crippen LogP) is 1.99. The van der Waals surface area contributed by atoms with Gasteiger partial charge in [-0.1, -0.05) is 0 Å². The molecule has 0 spiro atoms. The number of halogens is 3. The van der Waals surface area contributed by atoms with Crippen LogP contribution in [0.2, 0.25) is 0 Å². The standard InChI is InChI=1S/C9H10F3N3O/c1-16-6-4-13-7(14-5-6)15-8(2-3-8)9(10,11)12/h4-5H,2-3H2,1H3,(H,13,14,15). The molecular formula is C9H10F3N3O. The van der Waals surface area contributed by atoms with Crippen molar-refractivity contribution >= 4 is 5.95 Å². The van der Waals surface area contributed by atoms with Gasteiger partial charge in [0.25, 0.3) is 0 Å². The molecule has 88 valence electrons. The first-order valence-electron chi connectivity index (χ1n) is 4.68. The Morgan fingerprint density at radius 1 is 1.31 bits per heavy atom. The molecule has 0 aliphatic heterocycles. The van der Waals surface area contributed by atoms with Crippen LogP contribution in [-0.2, 0) is 0 Å². The summed E-state index contributed by atoms with van der Waals surface area (Å²) in [6.45, 7) is 0. The second-order valence-corrected chi connectivity index (χ2v) is 3.65. The SMILES string of the molecule is COc1cnc(NC2(C(F)(F)F)CC2)nc1. The molecule has 4 nitrogen and oxygen atoms in total. The van der Waals surface area contributed by atoms with E-state index in [0.29, 0.717) is 5.75 Å². The Kier molecular flexibility index (Phi) is 2.40. The highest BCUT2D eigenvalue weighted by atomic mass is 19.4. The van der Waals surface area contributed by atoms with Crippen molar-refractivity contribution in [1.29, 1.82) is 0 Å². The summed E-state index contributed by atoms with van der Waals surface area (Å²) < 4.78 is 42.6. The van der Waals surface area contributed by atoms with Gasteiger partial charge in [-0.15, -0.1) is 0 Å². The monoisotopic (exact) mass is 233 g/mol. The van der Waals surface area contributed by atoms with Crippen LogP contribution in [0.1, 0.15) is 12.8 Å². The highest BCUT2D eigenvalue weighted by Crippen LogP contribution is 2.50. The zero-order valence-corrected chi connectivity index (χ0v) is 8.51. The normalized spacial score (nSPS) is 18.0. The summed E-state index contributed by atoms with van der Waals surface area (Å²) in [5.41, 5.74) is -1.83. The molecule has 1 heterocycles. The molecule has 1 aromatic rings. The van der Waals surface area contributed by atoms with Gasteiger partial charge < -0.3 is 10.1 Å². The van der Waals surface area contributed by atoms with E-state index in [1.807, 2.05) is 0 Å². The third kappa shape index (κ3) is 1.89. The lowest BCUT2D eigenvalue weighted by Crippen LogP contribution is -2.39. The first kappa shape index (κ1) is 11.0. The average molecular weight is 233 g/mol. The van der Waals surface area contributed by atoms with Crippen LogP contribution in [0, 0.1) is 0 Å². The third-order valence-electron chi connectivity index (χ3n) is 2.51. The first-order chi connectivity index (χ1) is 7.47. The van der Waals surface area contributed by atoms with Gasteiger partial charge in [0, 0.05) is 0 Å². The van der Waals surface area contributed by atoms with Crippen LogP contribution in [0.4, 0.5) is 19.1 Å². The molecule has 1 aliphatic rings. The summed E-state index contributed by atoms with van der Waals surface area (Å²) in [5.74, 6) is 0.373. The van der Waals surface area contributed by atoms with Gasteiger partial charge >= 0.3 is 6.18 Å². The summed E-state index contributed by atoms with van der Waals surface area (Å²) in [7, 11) is 1.43. The highest BCUT2D eigenvalue weighted by molar-refractivity contribution is 5.36. The maximum Gasteiger partial charge on any atom is 0.411 e. The fraction of sp³-hybridized carbons (Fsp3) is 0.556. The summed E-state index contributed by atoms with van der Waals surface area (Å²) >= 11 is 0. The maximum atomic E-state index is 12.6. The van der Waals surface area contributed by atoms with Crippen molar-refractivity contribution < 1.29 is 17.9 Å². The van der Waals surface area contributed by atoms with E-state index in [2.05, 4.69) is 15.3 Å². The van der Waals surface area contributed by atoms with E-state index in [4.69, 9.17) is 4.74 Å². The van der Waals surface area contributed by atoms with Crippen molar-refractivity contribution in [2.45, 2.75) is 24.6 Å². The van der Waals surface area contributed by atoms with E-state index in [1.54, 1.807) is 0 Å². The van der Waals surface area contributed by atoms with Gasteiger partial charge in [0.15, 0.2) is 5.75 Å². The summed E-state index contributed by atoms with van der Waals surface area (Å²) in [6, 6.07) is 0. The number of nitrogens with zero attached hydrogens (tertiary/aromatic N) is 2. The minimum absolute atomic E-state index is 0.0318. The van der Waals surface area contributed by atoms with Crippen LogP contribution in [0.3, 0.4) is 0 Å². The van der Waals surface area contributed by atoms with Crippen LogP contribution in [0.15, 0.2) is 12.4 Å². The lowest BCUT2D eigenvalue weighted by atomic mass is 10.3. The minimum Gasteiger partial charge on any atom is -0.494 e. The third-order valence-corrected chi connectivity index (χ3v) is 2.51. The molecule has 1 aliphatic carbocycles. The van der Waals surface area contributed by atoms with E-state index in [0.717, 1.165) is 0 Å². The van der Waals surface area contributed by atoms with Crippen LogP contribution in [-0.4, -0.2) is 28.8 Å². The van der Waals surface area contributed by atoms with Gasteiger partial charge in [-0.3, -0.25) is 0 Å². The lowest BCUT2D eigenvalue weighted by Gasteiger charge is -2.20. The molecule has 1 N–H and O–H groups in total. The zero-order valence-electron chi connectivity index (χ0n) is 8.51. The van der Waals surface area contributed by atoms with E-state index < -0.39 is 11.7 Å². The van der Waals surface area contributed by atoms with Crippen LogP contribution in [0.5, 0.6) is 5.75 Å². The van der Waals surface area contributed by atoms with Gasteiger partial charge in [0.05, 0.1) is 19.5 Å². The molecular weight excluding hydrogens is 223 g/mol. The molecule has 0 unspecified atom stereocenters. The van der Waals surface area contributed by atoms with E-state index in [9.17, 15) is 13.2 Å². The predicted molar refractivity (Wildman–Crippen MR) is 50.2 cm³/mol. The molecule has 0 aromatic carbocycles. The number of anilines is 1. The number of hydrogen-bond acceptors (Lipinski definition) is 4. The number of nitrogens with one attached hydrogen (secondary N) is 1. The summed E-state index contributed by atoms with van der Waals surface area (Å²) in [5, 5.41) is 2.32. The smallest absolute Gasteiger partial charge is 0.411 e. The number of ether oxygens (including phenoxy) is 1. The molecule has 0 amide bonds. The molecule has 2 rings (SSSR count). The number of alkyl halides is 3. The second kappa shape index (κ2) is 3.50. The van der Waals surface area contributed by atoms with E-state index in [-0.39, 0.29) is 18.8 Å². The number of rotatable bonds is 3. The van der Waals surface area contributed by atoms with E-state index >= 15 is 0 Å². The van der Waals surface area contributed by atoms with Crippen molar-refractivity contribution in [1.82, 2.24) is 9.97 Å². The zero-order chi connectivity index (χ0) is 11.8. The molecule has 0 radical (unpaired) electrons. The Balaban J connectivity index is 2.10. The Morgan fingerprint density at radius 2 is 1.88 bits per heavy atom. The second-order valence-electron chi connectivity index (χ2n) is 3.65. The van der Waals surface area contributed by atoms with Crippen LogP contribution >= 0.6 is 0 Å². The lowest BCUT2D eigenvalue weighted by molar-refractivity contribution is -0.151. The van der Waals surface area contributed by atoms with Crippen molar-refractivity contribution in [3.05, 3.63) is 12.4 Å². The molecule has 7 heteroatoms. The Morgan fingerprint density at radius 3 is 2.25 bits per heavy atom. The first-order valence-corrected chi connectivity index (χ1v) is 4.68. The quantitative estimate of drug-likeness (QED) is 0.867. The molecule has 0 bridgehead atoms. The molecule has 1 fully saturated rings. The van der Waals surface area contributed by atoms with Crippen LogP contribution in [0.25, 0.3) is 0 Å². The van der Waals surface area contributed by atoms with E-state index in [1.165, 1.54) is 19.5 Å². The molecule has 0 saturated heterocycles. The Labute approximate surface area is 89.8 Å². The summed E-state index contributed by atoms with van der Waals surface area (Å²) in [6.07, 6.45) is -1.50. The number of methoxy groups -OCH3 is 1. The van der Waals surface area contributed by atoms with Crippen molar-refractivity contribution in [2.75, 3.05) is 12.4 Å². The van der Waals surface area contributed by atoms with Gasteiger partial charge in [0.1, 0.15) is 5.54 Å².